The SMILES string of the molecule is O=C(Nc1ccc2ccccc2c1)C(=O)N[C@H](c1ccccc1)c1ccccc1P(c1ccccc1)c1ccccc1. The Bertz CT molecular complexity index is 1790. The average Bonchev–Trinajstić information content (AvgIpc) is 3.05. The van der Waals surface area contributed by atoms with Crippen molar-refractivity contribution in [3.05, 3.63) is 169 Å². The van der Waals surface area contributed by atoms with Gasteiger partial charge in [-0.05, 0) is 57.9 Å². The monoisotopic (exact) mass is 564 g/mol. The number of rotatable bonds is 7. The number of amides is 2. The zero-order chi connectivity index (χ0) is 28.7. The Kier molecular flexibility index (Phi) is 8.16. The fraction of sp³-hybridized carbons (Fsp3) is 0.0270. The lowest BCUT2D eigenvalue weighted by atomic mass is 9.98. The van der Waals surface area contributed by atoms with Crippen molar-refractivity contribution in [2.45, 2.75) is 6.04 Å². The third kappa shape index (κ3) is 6.00. The van der Waals surface area contributed by atoms with Crippen molar-refractivity contribution < 1.29 is 9.59 Å². The van der Waals surface area contributed by atoms with Gasteiger partial charge in [-0.2, -0.15) is 0 Å². The molecule has 5 heteroatoms. The number of hydrogen-bond donors (Lipinski definition) is 2. The van der Waals surface area contributed by atoms with Crippen LogP contribution in [0.25, 0.3) is 10.8 Å². The molecule has 0 unspecified atom stereocenters. The first-order valence-electron chi connectivity index (χ1n) is 13.8. The van der Waals surface area contributed by atoms with Gasteiger partial charge in [-0.3, -0.25) is 9.59 Å². The summed E-state index contributed by atoms with van der Waals surface area (Å²) in [5.41, 5.74) is 2.42. The minimum absolute atomic E-state index is 0.533. The van der Waals surface area contributed by atoms with E-state index in [1.807, 2.05) is 97.1 Å². The molecule has 6 aromatic carbocycles. The molecule has 0 saturated heterocycles. The van der Waals surface area contributed by atoms with Crippen LogP contribution in [0.4, 0.5) is 5.69 Å². The van der Waals surface area contributed by atoms with E-state index in [9.17, 15) is 9.59 Å². The highest BCUT2D eigenvalue weighted by Gasteiger charge is 2.27. The van der Waals surface area contributed by atoms with Gasteiger partial charge in [0.1, 0.15) is 0 Å². The fourth-order valence-corrected chi connectivity index (χ4v) is 7.65. The molecule has 0 fully saturated rings. The van der Waals surface area contributed by atoms with Crippen molar-refractivity contribution in [3.63, 3.8) is 0 Å². The zero-order valence-electron chi connectivity index (χ0n) is 22.9. The third-order valence-corrected chi connectivity index (χ3v) is 9.66. The van der Waals surface area contributed by atoms with Gasteiger partial charge in [0.2, 0.25) is 0 Å². The van der Waals surface area contributed by atoms with E-state index in [0.29, 0.717) is 5.69 Å². The van der Waals surface area contributed by atoms with Crippen LogP contribution in [-0.4, -0.2) is 11.8 Å². The van der Waals surface area contributed by atoms with Crippen molar-refractivity contribution in [1.29, 1.82) is 0 Å². The summed E-state index contributed by atoms with van der Waals surface area (Å²) < 4.78 is 0. The van der Waals surface area contributed by atoms with Crippen LogP contribution in [0.15, 0.2) is 158 Å². The minimum atomic E-state index is -0.939. The second-order valence-electron chi connectivity index (χ2n) is 9.90. The van der Waals surface area contributed by atoms with Crippen LogP contribution in [-0.2, 0) is 9.59 Å². The lowest BCUT2D eigenvalue weighted by Crippen LogP contribution is -2.40. The predicted molar refractivity (Wildman–Crippen MR) is 174 cm³/mol. The summed E-state index contributed by atoms with van der Waals surface area (Å²) in [5, 5.41) is 11.4. The third-order valence-electron chi connectivity index (χ3n) is 7.14. The molecule has 0 saturated carbocycles. The maximum absolute atomic E-state index is 13.5. The Morgan fingerprint density at radius 2 is 1.07 bits per heavy atom. The average molecular weight is 565 g/mol. The number of hydrogen-bond acceptors (Lipinski definition) is 2. The quantitative estimate of drug-likeness (QED) is 0.173. The van der Waals surface area contributed by atoms with E-state index in [1.165, 1.54) is 10.6 Å². The molecule has 0 spiro atoms. The lowest BCUT2D eigenvalue weighted by molar-refractivity contribution is -0.136. The van der Waals surface area contributed by atoms with Crippen LogP contribution in [0.5, 0.6) is 0 Å². The minimum Gasteiger partial charge on any atom is -0.337 e. The molecular formula is C37H29N2O2P. The number of carbonyl (C=O) groups is 2. The van der Waals surface area contributed by atoms with Gasteiger partial charge >= 0.3 is 11.8 Å². The molecule has 2 amide bonds. The van der Waals surface area contributed by atoms with Gasteiger partial charge < -0.3 is 10.6 Å². The molecule has 0 radical (unpaired) electrons. The topological polar surface area (TPSA) is 58.2 Å². The van der Waals surface area contributed by atoms with E-state index in [4.69, 9.17) is 0 Å². The summed E-state index contributed by atoms with van der Waals surface area (Å²) in [5.74, 6) is -1.41. The van der Waals surface area contributed by atoms with Gasteiger partial charge in [0.25, 0.3) is 0 Å². The molecule has 0 heterocycles. The fourth-order valence-electron chi connectivity index (χ4n) is 5.15. The number of anilines is 1. The predicted octanol–water partition coefficient (Wildman–Crippen LogP) is 6.44. The molecule has 6 rings (SSSR count). The molecule has 6 aromatic rings. The number of nitrogens with one attached hydrogen (secondary N) is 2. The van der Waals surface area contributed by atoms with E-state index < -0.39 is 25.8 Å². The van der Waals surface area contributed by atoms with Crippen LogP contribution < -0.4 is 26.5 Å². The molecule has 0 aliphatic carbocycles. The van der Waals surface area contributed by atoms with Crippen molar-refractivity contribution in [3.8, 4) is 0 Å². The molecule has 2 N–H and O–H groups in total. The Morgan fingerprint density at radius 3 is 1.74 bits per heavy atom. The van der Waals surface area contributed by atoms with Crippen LogP contribution >= 0.6 is 7.92 Å². The van der Waals surface area contributed by atoms with E-state index in [2.05, 4.69) is 71.3 Å². The van der Waals surface area contributed by atoms with Crippen molar-refractivity contribution >= 4 is 52.1 Å². The summed E-state index contributed by atoms with van der Waals surface area (Å²) in [6.45, 7) is 0. The second kappa shape index (κ2) is 12.6. The Labute approximate surface area is 246 Å². The van der Waals surface area contributed by atoms with E-state index >= 15 is 0 Å². The summed E-state index contributed by atoms with van der Waals surface area (Å²) in [7, 11) is -0.939. The number of benzene rings is 6. The highest BCUT2D eigenvalue weighted by atomic mass is 31.1. The highest BCUT2D eigenvalue weighted by molar-refractivity contribution is 7.79. The van der Waals surface area contributed by atoms with Gasteiger partial charge in [-0.15, -0.1) is 0 Å². The van der Waals surface area contributed by atoms with Crippen LogP contribution in [0, 0.1) is 0 Å². The highest BCUT2D eigenvalue weighted by Crippen LogP contribution is 2.36. The first kappa shape index (κ1) is 27.1. The smallest absolute Gasteiger partial charge is 0.313 e. The molecule has 0 aliphatic rings. The number of fused-ring (bicyclic) bond motifs is 1. The molecule has 0 bridgehead atoms. The van der Waals surface area contributed by atoms with Gasteiger partial charge in [-0.25, -0.2) is 0 Å². The molecule has 42 heavy (non-hydrogen) atoms. The summed E-state index contributed by atoms with van der Waals surface area (Å²) in [4.78, 5) is 26.7. The first-order valence-corrected chi connectivity index (χ1v) is 15.2. The maximum atomic E-state index is 13.5. The van der Waals surface area contributed by atoms with Gasteiger partial charge in [0.15, 0.2) is 0 Å². The van der Waals surface area contributed by atoms with E-state index in [0.717, 1.165) is 27.2 Å². The van der Waals surface area contributed by atoms with Crippen molar-refractivity contribution in [2.75, 3.05) is 5.32 Å². The molecular weight excluding hydrogens is 535 g/mol. The van der Waals surface area contributed by atoms with Gasteiger partial charge in [0, 0.05) is 5.69 Å². The standard InChI is InChI=1S/C37H29N2O2P/c40-36(38-30-25-24-27-14-10-11-17-29(27)26-30)37(41)39-35(28-15-4-1-5-16-28)33-22-12-13-23-34(33)42(31-18-6-2-7-19-31)32-20-8-3-9-21-32/h1-26,35H,(H,38,40)(H,39,41)/t35-/m1/s1. The Morgan fingerprint density at radius 1 is 0.524 bits per heavy atom. The summed E-state index contributed by atoms with van der Waals surface area (Å²) in [6.07, 6.45) is 0. The largest absolute Gasteiger partial charge is 0.337 e. The molecule has 1 atom stereocenters. The first-order chi connectivity index (χ1) is 20.7. The summed E-state index contributed by atoms with van der Waals surface area (Å²) in [6, 6.07) is 51.9. The van der Waals surface area contributed by atoms with Gasteiger partial charge in [0.05, 0.1) is 6.04 Å². The second-order valence-corrected chi connectivity index (χ2v) is 12.1. The van der Waals surface area contributed by atoms with Gasteiger partial charge in [-0.1, -0.05) is 146 Å². The van der Waals surface area contributed by atoms with Crippen LogP contribution in [0.2, 0.25) is 0 Å². The normalized spacial score (nSPS) is 11.6. The molecule has 0 aliphatic heterocycles. The van der Waals surface area contributed by atoms with E-state index in [1.54, 1.807) is 0 Å². The van der Waals surface area contributed by atoms with Crippen LogP contribution in [0.3, 0.4) is 0 Å². The number of carbonyl (C=O) groups excluding carboxylic acids is 2. The van der Waals surface area contributed by atoms with Crippen molar-refractivity contribution in [2.24, 2.45) is 0 Å². The molecule has 0 aromatic heterocycles. The Balaban J connectivity index is 1.36. The van der Waals surface area contributed by atoms with Crippen LogP contribution in [0.1, 0.15) is 17.2 Å². The summed E-state index contributed by atoms with van der Waals surface area (Å²) >= 11 is 0. The maximum Gasteiger partial charge on any atom is 0.313 e. The molecule has 204 valence electrons. The van der Waals surface area contributed by atoms with Crippen molar-refractivity contribution in [1.82, 2.24) is 5.32 Å². The molecule has 4 nitrogen and oxygen atoms in total. The Hall–Kier alpha value is -5.05. The lowest BCUT2D eigenvalue weighted by Gasteiger charge is -2.27. The zero-order valence-corrected chi connectivity index (χ0v) is 23.7. The van der Waals surface area contributed by atoms with E-state index in [-0.39, 0.29) is 0 Å².